The van der Waals surface area contributed by atoms with Gasteiger partial charge in [0, 0.05) is 31.1 Å². The number of carbonyl (C=O) groups is 1. The summed E-state index contributed by atoms with van der Waals surface area (Å²) in [6.07, 6.45) is 3.55. The summed E-state index contributed by atoms with van der Waals surface area (Å²) in [6.45, 7) is 4.12. The number of anilines is 1. The lowest BCUT2D eigenvalue weighted by atomic mass is 10.0. The van der Waals surface area contributed by atoms with Crippen molar-refractivity contribution >= 4 is 11.7 Å². The number of hydrogen-bond acceptors (Lipinski definition) is 3. The van der Waals surface area contributed by atoms with E-state index in [4.69, 9.17) is 5.10 Å². The van der Waals surface area contributed by atoms with E-state index < -0.39 is 0 Å². The highest BCUT2D eigenvalue weighted by atomic mass is 16.1. The van der Waals surface area contributed by atoms with Crippen molar-refractivity contribution in [3.63, 3.8) is 0 Å². The van der Waals surface area contributed by atoms with Crippen molar-refractivity contribution in [1.82, 2.24) is 19.6 Å². The third kappa shape index (κ3) is 3.44. The molecule has 0 aliphatic carbocycles. The van der Waals surface area contributed by atoms with E-state index in [2.05, 4.69) is 30.3 Å². The van der Waals surface area contributed by atoms with Gasteiger partial charge in [0.05, 0.1) is 11.3 Å². The maximum atomic E-state index is 13.0. The van der Waals surface area contributed by atoms with Gasteiger partial charge in [-0.05, 0) is 43.2 Å². The molecule has 0 saturated heterocycles. The quantitative estimate of drug-likeness (QED) is 0.586. The fourth-order valence-corrected chi connectivity index (χ4v) is 3.02. The summed E-state index contributed by atoms with van der Waals surface area (Å²) >= 11 is 0. The maximum absolute atomic E-state index is 13.0. The Balaban J connectivity index is 1.79. The summed E-state index contributed by atoms with van der Waals surface area (Å²) in [6, 6.07) is 17.6. The number of benzene rings is 2. The number of rotatable bonds is 4. The SMILES string of the molecule is Cc1ccc(-c2nn(-c3ccccc3)cc2C(=O)Nc2ccn(C)n2)cc1C. The number of aromatic nitrogens is 4. The highest BCUT2D eigenvalue weighted by Crippen LogP contribution is 2.26. The van der Waals surface area contributed by atoms with Gasteiger partial charge >= 0.3 is 0 Å². The molecular formula is C22H21N5O. The van der Waals surface area contributed by atoms with Crippen molar-refractivity contribution in [2.45, 2.75) is 13.8 Å². The summed E-state index contributed by atoms with van der Waals surface area (Å²) in [4.78, 5) is 13.0. The third-order valence-corrected chi connectivity index (χ3v) is 4.72. The second kappa shape index (κ2) is 7.15. The van der Waals surface area contributed by atoms with E-state index in [1.54, 1.807) is 27.8 Å². The highest BCUT2D eigenvalue weighted by molar-refractivity contribution is 6.07. The van der Waals surface area contributed by atoms with Crippen LogP contribution in [0.3, 0.4) is 0 Å². The van der Waals surface area contributed by atoms with Crippen molar-refractivity contribution < 1.29 is 4.79 Å². The van der Waals surface area contributed by atoms with Crippen LogP contribution in [-0.2, 0) is 7.05 Å². The molecule has 0 aliphatic heterocycles. The zero-order chi connectivity index (χ0) is 19.7. The first-order valence-electron chi connectivity index (χ1n) is 9.05. The Kier molecular flexibility index (Phi) is 4.53. The minimum Gasteiger partial charge on any atom is -0.305 e. The Hall–Kier alpha value is -3.67. The lowest BCUT2D eigenvalue weighted by Gasteiger charge is -2.06. The summed E-state index contributed by atoms with van der Waals surface area (Å²) in [7, 11) is 1.81. The zero-order valence-electron chi connectivity index (χ0n) is 16.0. The Morgan fingerprint density at radius 2 is 1.75 bits per heavy atom. The molecule has 140 valence electrons. The standard InChI is InChI=1S/C22H21N5O/c1-15-9-10-17(13-16(15)2)21-19(22(28)23-20-11-12-26(3)24-20)14-27(25-21)18-7-5-4-6-8-18/h4-14H,1-3H3,(H,23,24,28). The second-order valence-electron chi connectivity index (χ2n) is 6.80. The summed E-state index contributed by atoms with van der Waals surface area (Å²) in [5.41, 5.74) is 5.29. The van der Waals surface area contributed by atoms with Crippen molar-refractivity contribution in [1.29, 1.82) is 0 Å². The van der Waals surface area contributed by atoms with Crippen LogP contribution in [0.25, 0.3) is 16.9 Å². The number of nitrogens with zero attached hydrogens (tertiary/aromatic N) is 4. The van der Waals surface area contributed by atoms with E-state index in [0.29, 0.717) is 17.1 Å². The molecule has 2 aromatic carbocycles. The molecule has 0 spiro atoms. The highest BCUT2D eigenvalue weighted by Gasteiger charge is 2.20. The van der Waals surface area contributed by atoms with Crippen molar-refractivity contribution in [2.75, 3.05) is 5.32 Å². The summed E-state index contributed by atoms with van der Waals surface area (Å²) in [5.74, 6) is 0.264. The fraction of sp³-hybridized carbons (Fsp3) is 0.136. The van der Waals surface area contributed by atoms with Gasteiger partial charge < -0.3 is 5.32 Å². The van der Waals surface area contributed by atoms with Crippen LogP contribution in [0.15, 0.2) is 67.0 Å². The van der Waals surface area contributed by atoms with Gasteiger partial charge in [0.2, 0.25) is 0 Å². The molecule has 0 fully saturated rings. The molecule has 4 rings (SSSR count). The van der Waals surface area contributed by atoms with Crippen LogP contribution in [0, 0.1) is 13.8 Å². The molecule has 6 heteroatoms. The molecule has 0 radical (unpaired) electrons. The fourth-order valence-electron chi connectivity index (χ4n) is 3.02. The molecule has 0 saturated carbocycles. The van der Waals surface area contributed by atoms with Gasteiger partial charge in [-0.25, -0.2) is 4.68 Å². The smallest absolute Gasteiger partial charge is 0.260 e. The normalized spacial score (nSPS) is 10.8. The van der Waals surface area contributed by atoms with Gasteiger partial charge in [0.1, 0.15) is 5.69 Å². The summed E-state index contributed by atoms with van der Waals surface area (Å²) < 4.78 is 3.38. The molecular weight excluding hydrogens is 350 g/mol. The third-order valence-electron chi connectivity index (χ3n) is 4.72. The van der Waals surface area contributed by atoms with E-state index >= 15 is 0 Å². The molecule has 2 aromatic heterocycles. The average molecular weight is 371 g/mol. The monoisotopic (exact) mass is 371 g/mol. The molecule has 2 heterocycles. The Bertz CT molecular complexity index is 1140. The van der Waals surface area contributed by atoms with E-state index in [1.807, 2.05) is 49.5 Å². The lowest BCUT2D eigenvalue weighted by molar-refractivity contribution is 0.102. The Morgan fingerprint density at radius 1 is 0.964 bits per heavy atom. The lowest BCUT2D eigenvalue weighted by Crippen LogP contribution is -2.13. The number of carbonyl (C=O) groups excluding carboxylic acids is 1. The van der Waals surface area contributed by atoms with Gasteiger partial charge in [0.15, 0.2) is 5.82 Å². The van der Waals surface area contributed by atoms with Gasteiger partial charge in [-0.2, -0.15) is 10.2 Å². The number of para-hydroxylation sites is 1. The van der Waals surface area contributed by atoms with Crippen LogP contribution in [0.5, 0.6) is 0 Å². The van der Waals surface area contributed by atoms with Crippen molar-refractivity contribution in [3.05, 3.63) is 83.7 Å². The van der Waals surface area contributed by atoms with Gasteiger partial charge in [0.25, 0.3) is 5.91 Å². The first kappa shape index (κ1) is 17.7. The molecule has 0 atom stereocenters. The predicted molar refractivity (Wildman–Crippen MR) is 110 cm³/mol. The molecule has 28 heavy (non-hydrogen) atoms. The number of nitrogens with one attached hydrogen (secondary N) is 1. The van der Waals surface area contributed by atoms with Crippen LogP contribution < -0.4 is 5.32 Å². The zero-order valence-corrected chi connectivity index (χ0v) is 16.0. The molecule has 1 amide bonds. The van der Waals surface area contributed by atoms with Crippen LogP contribution in [0.2, 0.25) is 0 Å². The number of aryl methyl sites for hydroxylation is 3. The first-order valence-corrected chi connectivity index (χ1v) is 9.05. The minimum atomic E-state index is -0.242. The molecule has 6 nitrogen and oxygen atoms in total. The van der Waals surface area contributed by atoms with E-state index in [1.165, 1.54) is 5.56 Å². The Morgan fingerprint density at radius 3 is 2.43 bits per heavy atom. The first-order chi connectivity index (χ1) is 13.5. The summed E-state index contributed by atoms with van der Waals surface area (Å²) in [5, 5.41) is 11.8. The minimum absolute atomic E-state index is 0.242. The van der Waals surface area contributed by atoms with Crippen molar-refractivity contribution in [3.8, 4) is 16.9 Å². The predicted octanol–water partition coefficient (Wildman–Crippen LogP) is 4.14. The topological polar surface area (TPSA) is 64.7 Å². The van der Waals surface area contributed by atoms with Crippen molar-refractivity contribution in [2.24, 2.45) is 7.05 Å². The maximum Gasteiger partial charge on any atom is 0.260 e. The van der Waals surface area contributed by atoms with E-state index in [0.717, 1.165) is 16.8 Å². The Labute approximate surface area is 163 Å². The number of amides is 1. The van der Waals surface area contributed by atoms with E-state index in [9.17, 15) is 4.79 Å². The molecule has 0 bridgehead atoms. The van der Waals surface area contributed by atoms with Crippen LogP contribution in [-0.4, -0.2) is 25.5 Å². The number of hydrogen-bond donors (Lipinski definition) is 1. The largest absolute Gasteiger partial charge is 0.305 e. The van der Waals surface area contributed by atoms with Crippen LogP contribution in [0.1, 0.15) is 21.5 Å². The van der Waals surface area contributed by atoms with Gasteiger partial charge in [-0.15, -0.1) is 0 Å². The molecule has 0 unspecified atom stereocenters. The second-order valence-corrected chi connectivity index (χ2v) is 6.80. The van der Waals surface area contributed by atoms with Gasteiger partial charge in [-0.3, -0.25) is 9.48 Å². The van der Waals surface area contributed by atoms with Crippen LogP contribution in [0.4, 0.5) is 5.82 Å². The van der Waals surface area contributed by atoms with E-state index in [-0.39, 0.29) is 5.91 Å². The molecule has 4 aromatic rings. The molecule has 1 N–H and O–H groups in total. The molecule has 0 aliphatic rings. The van der Waals surface area contributed by atoms with Crippen LogP contribution >= 0.6 is 0 Å². The average Bonchev–Trinajstić information content (AvgIpc) is 3.31. The van der Waals surface area contributed by atoms with Gasteiger partial charge in [-0.1, -0.05) is 30.3 Å².